The largest absolute Gasteiger partial charge is 0.481 e. The number of hydrogen-bond donors (Lipinski definition) is 4. The Morgan fingerprint density at radius 1 is 1.00 bits per heavy atom. The Hall–Kier alpha value is -3.36. The molecule has 1 rings (SSSR count). The van der Waals surface area contributed by atoms with Gasteiger partial charge in [-0.05, 0) is 37.0 Å². The third-order valence-corrected chi connectivity index (χ3v) is 4.34. The van der Waals surface area contributed by atoms with Crippen molar-refractivity contribution in [1.29, 1.82) is 0 Å². The Bertz CT molecular complexity index is 758. The number of rotatable bonds is 15. The zero-order valence-corrected chi connectivity index (χ0v) is 17.5. The molecule has 1 atom stereocenters. The fraction of sp³-hybridized carbons (Fsp3) is 0.455. The molecule has 0 spiro atoms. The summed E-state index contributed by atoms with van der Waals surface area (Å²) in [5, 5.41) is 29.3. The molecule has 1 amide bonds. The first-order chi connectivity index (χ1) is 14.7. The molecule has 9 nitrogen and oxygen atoms in total. The highest BCUT2D eigenvalue weighted by Gasteiger charge is 2.27. The van der Waals surface area contributed by atoms with Gasteiger partial charge >= 0.3 is 17.9 Å². The van der Waals surface area contributed by atoms with E-state index in [1.807, 2.05) is 12.2 Å². The van der Waals surface area contributed by atoms with Crippen LogP contribution in [0.1, 0.15) is 51.0 Å². The summed E-state index contributed by atoms with van der Waals surface area (Å²) in [7, 11) is 0. The van der Waals surface area contributed by atoms with Gasteiger partial charge in [0.25, 0.3) is 6.10 Å². The van der Waals surface area contributed by atoms with Gasteiger partial charge in [0.1, 0.15) is 5.75 Å². The molecule has 1 aromatic carbocycles. The summed E-state index contributed by atoms with van der Waals surface area (Å²) in [4.78, 5) is 44.6. The molecule has 4 N–H and O–H groups in total. The fourth-order valence-electron chi connectivity index (χ4n) is 2.74. The maximum atomic E-state index is 12.0. The minimum Gasteiger partial charge on any atom is -0.481 e. The molecule has 0 saturated carbocycles. The van der Waals surface area contributed by atoms with Crippen LogP contribution in [-0.2, 0) is 25.6 Å². The normalized spacial score (nSPS) is 11.9. The molecule has 0 aliphatic carbocycles. The lowest BCUT2D eigenvalue weighted by Crippen LogP contribution is -2.35. The first kappa shape index (κ1) is 25.7. The molecule has 0 heterocycles. The van der Waals surface area contributed by atoms with Gasteiger partial charge in [-0.25, -0.2) is 9.59 Å². The summed E-state index contributed by atoms with van der Waals surface area (Å²) in [6, 6.07) is 5.88. The van der Waals surface area contributed by atoms with E-state index < -0.39 is 24.0 Å². The number of ether oxygens (including phenoxy) is 1. The fourth-order valence-corrected chi connectivity index (χ4v) is 2.74. The number of benzene rings is 1. The first-order valence-electron chi connectivity index (χ1n) is 10.1. The number of hydrogen-bond acceptors (Lipinski definition) is 5. The van der Waals surface area contributed by atoms with Crippen molar-refractivity contribution >= 4 is 23.8 Å². The molecular formula is C22H29NO8. The number of nitrogens with one attached hydrogen (secondary N) is 1. The average Bonchev–Trinajstić information content (AvgIpc) is 2.70. The van der Waals surface area contributed by atoms with E-state index in [9.17, 15) is 19.2 Å². The molecule has 0 aliphatic heterocycles. The molecule has 170 valence electrons. The van der Waals surface area contributed by atoms with Gasteiger partial charge in [0.15, 0.2) is 0 Å². The number of amides is 1. The highest BCUT2D eigenvalue weighted by Crippen LogP contribution is 2.16. The maximum absolute atomic E-state index is 12.0. The van der Waals surface area contributed by atoms with Crippen molar-refractivity contribution in [3.8, 4) is 5.75 Å². The van der Waals surface area contributed by atoms with E-state index in [0.717, 1.165) is 31.2 Å². The number of unbranched alkanes of at least 4 members (excludes halogenated alkanes) is 3. The van der Waals surface area contributed by atoms with Gasteiger partial charge in [-0.3, -0.25) is 9.59 Å². The minimum atomic E-state index is -2.00. The van der Waals surface area contributed by atoms with Crippen molar-refractivity contribution in [2.24, 2.45) is 0 Å². The molecule has 0 saturated heterocycles. The summed E-state index contributed by atoms with van der Waals surface area (Å²) in [6.07, 6.45) is 6.03. The van der Waals surface area contributed by atoms with E-state index in [1.165, 1.54) is 12.1 Å². The van der Waals surface area contributed by atoms with E-state index in [4.69, 9.17) is 20.1 Å². The third-order valence-electron chi connectivity index (χ3n) is 4.34. The SMILES string of the molecule is CCCCC/C=C/C(Cc1ccc(OC(C(=O)O)C(=O)O)cc1)NC(=O)CCC(=O)O. The van der Waals surface area contributed by atoms with E-state index >= 15 is 0 Å². The molecule has 0 aromatic heterocycles. The van der Waals surface area contributed by atoms with E-state index in [0.29, 0.717) is 6.42 Å². The number of carboxylic acids is 3. The molecule has 0 bridgehead atoms. The number of carboxylic acid groups (broad SMARTS) is 3. The monoisotopic (exact) mass is 435 g/mol. The summed E-state index contributed by atoms with van der Waals surface area (Å²) in [6.45, 7) is 2.11. The molecule has 0 fully saturated rings. The van der Waals surface area contributed by atoms with Gasteiger partial charge in [0, 0.05) is 6.42 Å². The van der Waals surface area contributed by atoms with Crippen LogP contribution in [0.25, 0.3) is 0 Å². The Balaban J connectivity index is 2.79. The van der Waals surface area contributed by atoms with E-state index in [-0.39, 0.29) is 30.5 Å². The van der Waals surface area contributed by atoms with Gasteiger partial charge in [0.2, 0.25) is 5.91 Å². The zero-order chi connectivity index (χ0) is 23.2. The summed E-state index contributed by atoms with van der Waals surface area (Å²) in [5.74, 6) is -4.52. The lowest BCUT2D eigenvalue weighted by molar-refractivity contribution is -0.159. The molecule has 0 aliphatic rings. The van der Waals surface area contributed by atoms with Crippen LogP contribution in [0.3, 0.4) is 0 Å². The highest BCUT2D eigenvalue weighted by molar-refractivity contribution is 5.96. The second kappa shape index (κ2) is 13.8. The first-order valence-corrected chi connectivity index (χ1v) is 10.1. The van der Waals surface area contributed by atoms with Crippen LogP contribution >= 0.6 is 0 Å². The summed E-state index contributed by atoms with van der Waals surface area (Å²) in [5.41, 5.74) is 0.802. The number of carbonyl (C=O) groups excluding carboxylic acids is 1. The van der Waals surface area contributed by atoms with Crippen LogP contribution in [0.2, 0.25) is 0 Å². The van der Waals surface area contributed by atoms with Crippen molar-refractivity contribution in [3.05, 3.63) is 42.0 Å². The van der Waals surface area contributed by atoms with Crippen LogP contribution in [0.4, 0.5) is 0 Å². The van der Waals surface area contributed by atoms with E-state index in [2.05, 4.69) is 12.2 Å². The Morgan fingerprint density at radius 2 is 1.65 bits per heavy atom. The van der Waals surface area contributed by atoms with Crippen molar-refractivity contribution in [1.82, 2.24) is 5.32 Å². The van der Waals surface area contributed by atoms with Crippen molar-refractivity contribution in [3.63, 3.8) is 0 Å². The highest BCUT2D eigenvalue weighted by atomic mass is 16.5. The van der Waals surface area contributed by atoms with Crippen LogP contribution in [-0.4, -0.2) is 51.3 Å². The second-order valence-electron chi connectivity index (χ2n) is 7.01. The lowest BCUT2D eigenvalue weighted by atomic mass is 10.0. The minimum absolute atomic E-state index is 0.0932. The van der Waals surface area contributed by atoms with Gasteiger partial charge in [0.05, 0.1) is 12.5 Å². The van der Waals surface area contributed by atoms with Crippen LogP contribution < -0.4 is 10.1 Å². The molecule has 9 heteroatoms. The average molecular weight is 435 g/mol. The quantitative estimate of drug-likeness (QED) is 0.186. The molecular weight excluding hydrogens is 406 g/mol. The van der Waals surface area contributed by atoms with Gasteiger partial charge < -0.3 is 25.4 Å². The Labute approximate surface area is 180 Å². The van der Waals surface area contributed by atoms with Crippen LogP contribution in [0.15, 0.2) is 36.4 Å². The molecule has 0 radical (unpaired) electrons. The summed E-state index contributed by atoms with van der Waals surface area (Å²) >= 11 is 0. The van der Waals surface area contributed by atoms with Crippen molar-refractivity contribution in [2.75, 3.05) is 0 Å². The van der Waals surface area contributed by atoms with Crippen LogP contribution in [0.5, 0.6) is 5.75 Å². The lowest BCUT2D eigenvalue weighted by Gasteiger charge is -2.16. The second-order valence-corrected chi connectivity index (χ2v) is 7.01. The number of carbonyl (C=O) groups is 4. The molecule has 1 aromatic rings. The predicted octanol–water partition coefficient (Wildman–Crippen LogP) is 2.63. The maximum Gasteiger partial charge on any atom is 0.356 e. The third kappa shape index (κ3) is 10.8. The van der Waals surface area contributed by atoms with Crippen molar-refractivity contribution in [2.45, 2.75) is 64.0 Å². The van der Waals surface area contributed by atoms with Crippen molar-refractivity contribution < 1.29 is 39.2 Å². The smallest absolute Gasteiger partial charge is 0.356 e. The predicted molar refractivity (Wildman–Crippen MR) is 112 cm³/mol. The number of allylic oxidation sites excluding steroid dienone is 1. The zero-order valence-electron chi connectivity index (χ0n) is 17.5. The molecule has 1 unspecified atom stereocenters. The summed E-state index contributed by atoms with van der Waals surface area (Å²) < 4.78 is 4.98. The van der Waals surface area contributed by atoms with Gasteiger partial charge in [-0.2, -0.15) is 0 Å². The van der Waals surface area contributed by atoms with E-state index in [1.54, 1.807) is 12.1 Å². The topological polar surface area (TPSA) is 150 Å². The Morgan fingerprint density at radius 3 is 2.19 bits per heavy atom. The number of aliphatic carboxylic acids is 3. The molecule has 31 heavy (non-hydrogen) atoms. The van der Waals surface area contributed by atoms with Gasteiger partial charge in [-0.15, -0.1) is 0 Å². The van der Waals surface area contributed by atoms with Crippen LogP contribution in [0, 0.1) is 0 Å². The van der Waals surface area contributed by atoms with Gasteiger partial charge in [-0.1, -0.05) is 44.1 Å². The Kier molecular flexibility index (Phi) is 11.4. The standard InChI is InChI=1S/C22H29NO8/c1-2-3-4-5-6-7-16(23-18(24)12-13-19(25)26)14-15-8-10-17(11-9-15)31-20(21(27)28)22(29)30/h6-11,16,20H,2-5,12-14H2,1H3,(H,23,24)(H,25,26)(H,27,28)(H,29,30)/b7-6+.